The maximum absolute atomic E-state index is 12.4. The van der Waals surface area contributed by atoms with E-state index in [-0.39, 0.29) is 36.2 Å². The minimum Gasteiger partial charge on any atom is -0.347 e. The molecule has 134 valence electrons. The third-order valence-corrected chi connectivity index (χ3v) is 4.52. The molecule has 24 heavy (non-hydrogen) atoms. The maximum Gasteiger partial charge on any atom is 0.244 e. The average molecular weight is 354 g/mol. The molecule has 1 aromatic rings. The number of halogens is 1. The fourth-order valence-corrected chi connectivity index (χ4v) is 3.17. The van der Waals surface area contributed by atoms with E-state index < -0.39 is 6.04 Å². The second-order valence-corrected chi connectivity index (χ2v) is 6.60. The molecular weight excluding hydrogens is 326 g/mol. The van der Waals surface area contributed by atoms with Gasteiger partial charge in [-0.2, -0.15) is 0 Å². The molecule has 5 nitrogen and oxygen atoms in total. The van der Waals surface area contributed by atoms with Crippen molar-refractivity contribution in [2.45, 2.75) is 44.2 Å². The smallest absolute Gasteiger partial charge is 0.244 e. The molecule has 1 unspecified atom stereocenters. The Bertz CT molecular complexity index is 536. The number of likely N-dealkylation sites (N-methyl/N-ethyl adjacent to an activating group) is 1. The largest absolute Gasteiger partial charge is 0.347 e. The van der Waals surface area contributed by atoms with E-state index in [4.69, 9.17) is 5.73 Å². The first-order valence-electron chi connectivity index (χ1n) is 8.27. The second-order valence-electron chi connectivity index (χ2n) is 6.60. The molecule has 2 amide bonds. The second kappa shape index (κ2) is 9.64. The van der Waals surface area contributed by atoms with E-state index in [0.29, 0.717) is 12.8 Å². The van der Waals surface area contributed by atoms with Crippen LogP contribution >= 0.6 is 12.4 Å². The summed E-state index contributed by atoms with van der Waals surface area (Å²) in [7, 11) is 3.42. The zero-order valence-electron chi connectivity index (χ0n) is 14.4. The molecule has 0 saturated heterocycles. The van der Waals surface area contributed by atoms with Gasteiger partial charge in [-0.1, -0.05) is 36.8 Å². The molecule has 6 heteroatoms. The number of nitrogens with two attached hydrogens (primary N) is 1. The monoisotopic (exact) mass is 353 g/mol. The van der Waals surface area contributed by atoms with Crippen LogP contribution in [-0.2, 0) is 16.0 Å². The van der Waals surface area contributed by atoms with Crippen LogP contribution in [0.3, 0.4) is 0 Å². The summed E-state index contributed by atoms with van der Waals surface area (Å²) in [5.74, 6) is 0.0724. The van der Waals surface area contributed by atoms with Gasteiger partial charge in [-0.3, -0.25) is 9.59 Å². The highest BCUT2D eigenvalue weighted by atomic mass is 35.5. The number of nitrogens with one attached hydrogen (secondary N) is 1. The molecule has 1 aromatic carbocycles. The molecule has 0 spiro atoms. The molecule has 0 aromatic heterocycles. The van der Waals surface area contributed by atoms with Gasteiger partial charge in [0, 0.05) is 33.0 Å². The Morgan fingerprint density at radius 2 is 1.92 bits per heavy atom. The Balaban J connectivity index is 0.00000288. The lowest BCUT2D eigenvalue weighted by Gasteiger charge is -2.23. The third kappa shape index (κ3) is 5.80. The quantitative estimate of drug-likeness (QED) is 0.818. The number of benzene rings is 1. The van der Waals surface area contributed by atoms with E-state index in [9.17, 15) is 9.59 Å². The summed E-state index contributed by atoms with van der Waals surface area (Å²) < 4.78 is 0. The van der Waals surface area contributed by atoms with Crippen LogP contribution in [0.25, 0.3) is 0 Å². The summed E-state index contributed by atoms with van der Waals surface area (Å²) in [6, 6.07) is 9.32. The summed E-state index contributed by atoms with van der Waals surface area (Å²) in [5, 5.41) is 2.91. The van der Waals surface area contributed by atoms with E-state index in [2.05, 4.69) is 5.32 Å². The highest BCUT2D eigenvalue weighted by Crippen LogP contribution is 2.26. The van der Waals surface area contributed by atoms with Gasteiger partial charge in [0.25, 0.3) is 0 Å². The minimum absolute atomic E-state index is 0. The Morgan fingerprint density at radius 3 is 2.46 bits per heavy atom. The van der Waals surface area contributed by atoms with Crippen LogP contribution in [0.1, 0.15) is 31.2 Å². The summed E-state index contributed by atoms with van der Waals surface area (Å²) in [4.78, 5) is 26.2. The van der Waals surface area contributed by atoms with Crippen molar-refractivity contribution in [3.63, 3.8) is 0 Å². The van der Waals surface area contributed by atoms with Gasteiger partial charge in [0.05, 0.1) is 0 Å². The van der Waals surface area contributed by atoms with E-state index in [1.54, 1.807) is 14.1 Å². The Kier molecular flexibility index (Phi) is 8.22. The van der Waals surface area contributed by atoms with Crippen molar-refractivity contribution in [3.05, 3.63) is 35.9 Å². The van der Waals surface area contributed by atoms with E-state index in [0.717, 1.165) is 24.8 Å². The Morgan fingerprint density at radius 1 is 1.25 bits per heavy atom. The molecule has 1 aliphatic carbocycles. The van der Waals surface area contributed by atoms with Gasteiger partial charge in [-0.05, 0) is 24.3 Å². The van der Waals surface area contributed by atoms with Crippen LogP contribution in [0.2, 0.25) is 0 Å². The van der Waals surface area contributed by atoms with Crippen LogP contribution in [0, 0.1) is 5.92 Å². The SMILES string of the molecule is CN(C)C(=O)C(Cc1ccccc1)NC(=O)C[C@@H]1CCC[C@H]1N.Cl. The molecule has 2 rings (SSSR count). The molecule has 3 N–H and O–H groups in total. The number of carbonyl (C=O) groups is 2. The normalized spacial score (nSPS) is 20.8. The molecule has 0 bridgehead atoms. The fraction of sp³-hybridized carbons (Fsp3) is 0.556. The van der Waals surface area contributed by atoms with Crippen LogP contribution < -0.4 is 11.1 Å². The lowest BCUT2D eigenvalue weighted by Crippen LogP contribution is -2.48. The fourth-order valence-electron chi connectivity index (χ4n) is 3.17. The average Bonchev–Trinajstić information content (AvgIpc) is 2.92. The van der Waals surface area contributed by atoms with Crippen LogP contribution in [0.4, 0.5) is 0 Å². The van der Waals surface area contributed by atoms with Crippen molar-refractivity contribution in [2.75, 3.05) is 14.1 Å². The van der Waals surface area contributed by atoms with Crippen molar-refractivity contribution in [3.8, 4) is 0 Å². The van der Waals surface area contributed by atoms with Crippen molar-refractivity contribution in [2.24, 2.45) is 11.7 Å². The number of hydrogen-bond acceptors (Lipinski definition) is 3. The van der Waals surface area contributed by atoms with Gasteiger partial charge in [0.2, 0.25) is 11.8 Å². The van der Waals surface area contributed by atoms with E-state index >= 15 is 0 Å². The van der Waals surface area contributed by atoms with Crippen molar-refractivity contribution in [1.29, 1.82) is 0 Å². The van der Waals surface area contributed by atoms with Crippen molar-refractivity contribution < 1.29 is 9.59 Å². The van der Waals surface area contributed by atoms with E-state index in [1.807, 2.05) is 30.3 Å². The lowest BCUT2D eigenvalue weighted by atomic mass is 9.99. The lowest BCUT2D eigenvalue weighted by molar-refractivity contribution is -0.134. The van der Waals surface area contributed by atoms with Gasteiger partial charge < -0.3 is 16.0 Å². The standard InChI is InChI=1S/C18H27N3O2.ClH/c1-21(2)18(23)16(11-13-7-4-3-5-8-13)20-17(22)12-14-9-6-10-15(14)19;/h3-5,7-8,14-16H,6,9-12,19H2,1-2H3,(H,20,22);1H/t14-,15+,16?;/m0./s1. The summed E-state index contributed by atoms with van der Waals surface area (Å²) in [6.45, 7) is 0. The molecule has 1 aliphatic rings. The van der Waals surface area contributed by atoms with Gasteiger partial charge in [-0.25, -0.2) is 0 Å². The first-order valence-corrected chi connectivity index (χ1v) is 8.27. The number of rotatable bonds is 6. The number of nitrogens with zero attached hydrogens (tertiary/aromatic N) is 1. The first-order chi connectivity index (χ1) is 11.0. The van der Waals surface area contributed by atoms with E-state index in [1.165, 1.54) is 4.90 Å². The van der Waals surface area contributed by atoms with Crippen molar-refractivity contribution in [1.82, 2.24) is 10.2 Å². The molecule has 1 fully saturated rings. The highest BCUT2D eigenvalue weighted by molar-refractivity contribution is 5.87. The predicted molar refractivity (Wildman–Crippen MR) is 98.0 cm³/mol. The minimum atomic E-state index is -0.530. The Labute approximate surface area is 150 Å². The van der Waals surface area contributed by atoms with Crippen LogP contribution in [0.5, 0.6) is 0 Å². The molecule has 1 saturated carbocycles. The zero-order valence-corrected chi connectivity index (χ0v) is 15.2. The Hall–Kier alpha value is -1.59. The number of carbonyl (C=O) groups excluding carboxylic acids is 2. The molecule has 0 aliphatic heterocycles. The number of hydrogen-bond donors (Lipinski definition) is 2. The topological polar surface area (TPSA) is 75.4 Å². The summed E-state index contributed by atoms with van der Waals surface area (Å²) >= 11 is 0. The van der Waals surface area contributed by atoms with Gasteiger partial charge in [-0.15, -0.1) is 12.4 Å². The third-order valence-electron chi connectivity index (χ3n) is 4.52. The first kappa shape index (κ1) is 20.5. The van der Waals surface area contributed by atoms with Gasteiger partial charge >= 0.3 is 0 Å². The zero-order chi connectivity index (χ0) is 16.8. The summed E-state index contributed by atoms with van der Waals surface area (Å²) in [6.07, 6.45) is 3.98. The molecule has 0 radical (unpaired) electrons. The van der Waals surface area contributed by atoms with Crippen LogP contribution in [0.15, 0.2) is 30.3 Å². The van der Waals surface area contributed by atoms with Gasteiger partial charge in [0.1, 0.15) is 6.04 Å². The summed E-state index contributed by atoms with van der Waals surface area (Å²) in [5.41, 5.74) is 7.07. The van der Waals surface area contributed by atoms with Gasteiger partial charge in [0.15, 0.2) is 0 Å². The van der Waals surface area contributed by atoms with Crippen molar-refractivity contribution >= 4 is 24.2 Å². The maximum atomic E-state index is 12.4. The predicted octanol–water partition coefficient (Wildman–Crippen LogP) is 1.74. The van der Waals surface area contributed by atoms with Crippen LogP contribution in [-0.4, -0.2) is 42.9 Å². The number of amides is 2. The molecule has 0 heterocycles. The molecular formula is C18H28ClN3O2. The highest BCUT2D eigenvalue weighted by Gasteiger charge is 2.28. The molecule has 3 atom stereocenters.